The first-order valence-electron chi connectivity index (χ1n) is 6.10. The van der Waals surface area contributed by atoms with Crippen molar-refractivity contribution < 1.29 is 4.74 Å². The van der Waals surface area contributed by atoms with E-state index < -0.39 is 0 Å². The smallest absolute Gasteiger partial charge is 0.129 e. The number of ether oxygens (including phenoxy) is 1. The molecule has 20 heavy (non-hydrogen) atoms. The molecular weight excluding hydrogens is 387 g/mol. The number of imidazole rings is 1. The van der Waals surface area contributed by atoms with Crippen LogP contribution in [0.4, 0.5) is 0 Å². The second kappa shape index (κ2) is 5.61. The van der Waals surface area contributed by atoms with E-state index in [0.717, 1.165) is 31.9 Å². The molecule has 0 saturated heterocycles. The van der Waals surface area contributed by atoms with E-state index >= 15 is 0 Å². The largest absolute Gasteiger partial charge is 0.497 e. The van der Waals surface area contributed by atoms with Crippen LogP contribution in [0.15, 0.2) is 42.5 Å². The van der Waals surface area contributed by atoms with Gasteiger partial charge in [-0.2, -0.15) is 0 Å². The van der Waals surface area contributed by atoms with Crippen molar-refractivity contribution in [3.05, 3.63) is 51.9 Å². The normalized spacial score (nSPS) is 10.9. The summed E-state index contributed by atoms with van der Waals surface area (Å²) < 4.78 is 8.44. The van der Waals surface area contributed by atoms with E-state index in [0.29, 0.717) is 5.88 Å². The maximum Gasteiger partial charge on any atom is 0.129 e. The Kier molecular flexibility index (Phi) is 3.85. The van der Waals surface area contributed by atoms with Crippen molar-refractivity contribution in [1.82, 2.24) is 9.55 Å². The maximum atomic E-state index is 6.04. The molecule has 0 radical (unpaired) electrons. The quantitative estimate of drug-likeness (QED) is 0.484. The van der Waals surface area contributed by atoms with Gasteiger partial charge in [-0.1, -0.05) is 0 Å². The van der Waals surface area contributed by atoms with Crippen molar-refractivity contribution in [3.8, 4) is 11.4 Å². The molecular formula is C15H12ClIN2O. The molecule has 0 saturated carbocycles. The zero-order valence-corrected chi connectivity index (χ0v) is 13.7. The van der Waals surface area contributed by atoms with Gasteiger partial charge >= 0.3 is 0 Å². The predicted molar refractivity (Wildman–Crippen MR) is 89.9 cm³/mol. The van der Waals surface area contributed by atoms with Gasteiger partial charge < -0.3 is 4.74 Å². The van der Waals surface area contributed by atoms with Crippen LogP contribution in [0.2, 0.25) is 0 Å². The number of halogens is 2. The first kappa shape index (κ1) is 13.7. The van der Waals surface area contributed by atoms with E-state index in [2.05, 4.69) is 50.3 Å². The highest BCUT2D eigenvalue weighted by Crippen LogP contribution is 2.25. The monoisotopic (exact) mass is 398 g/mol. The molecule has 0 unspecified atom stereocenters. The molecule has 0 atom stereocenters. The van der Waals surface area contributed by atoms with Crippen LogP contribution in [-0.4, -0.2) is 16.7 Å². The standard InChI is InChI=1S/C15H12ClIN2O/c1-20-12-5-3-11(4-6-12)19-14-7-2-10(17)8-13(14)18-15(19)9-16/h2-8H,9H2,1H3. The molecule has 102 valence electrons. The van der Waals surface area contributed by atoms with Gasteiger partial charge in [-0.25, -0.2) is 4.98 Å². The summed E-state index contributed by atoms with van der Waals surface area (Å²) in [5.41, 5.74) is 3.06. The van der Waals surface area contributed by atoms with E-state index in [1.54, 1.807) is 7.11 Å². The van der Waals surface area contributed by atoms with E-state index in [4.69, 9.17) is 16.3 Å². The fourth-order valence-electron chi connectivity index (χ4n) is 2.21. The number of rotatable bonds is 3. The molecule has 0 spiro atoms. The van der Waals surface area contributed by atoms with Gasteiger partial charge in [-0.15, -0.1) is 11.6 Å². The summed E-state index contributed by atoms with van der Waals surface area (Å²) in [5.74, 6) is 2.05. The lowest BCUT2D eigenvalue weighted by atomic mass is 10.2. The van der Waals surface area contributed by atoms with Crippen LogP contribution >= 0.6 is 34.2 Å². The summed E-state index contributed by atoms with van der Waals surface area (Å²) >= 11 is 8.33. The van der Waals surface area contributed by atoms with Crippen molar-refractivity contribution in [2.75, 3.05) is 7.11 Å². The number of nitrogens with zero attached hydrogens (tertiary/aromatic N) is 2. The van der Waals surface area contributed by atoms with Gasteiger partial charge in [-0.05, 0) is 65.1 Å². The number of fused-ring (bicyclic) bond motifs is 1. The summed E-state index contributed by atoms with van der Waals surface area (Å²) in [7, 11) is 1.66. The Morgan fingerprint density at radius 3 is 2.60 bits per heavy atom. The third-order valence-electron chi connectivity index (χ3n) is 3.14. The van der Waals surface area contributed by atoms with E-state index in [9.17, 15) is 0 Å². The molecule has 1 heterocycles. The molecule has 0 fully saturated rings. The van der Waals surface area contributed by atoms with Crippen molar-refractivity contribution in [3.63, 3.8) is 0 Å². The minimum absolute atomic E-state index is 0.372. The van der Waals surface area contributed by atoms with Crippen LogP contribution in [0, 0.1) is 3.57 Å². The lowest BCUT2D eigenvalue weighted by Gasteiger charge is -2.08. The molecule has 0 N–H and O–H groups in total. The average molecular weight is 399 g/mol. The van der Waals surface area contributed by atoms with Gasteiger partial charge in [0.2, 0.25) is 0 Å². The Labute approximate surface area is 135 Å². The summed E-state index contributed by atoms with van der Waals surface area (Å²) in [4.78, 5) is 4.61. The summed E-state index contributed by atoms with van der Waals surface area (Å²) in [6.07, 6.45) is 0. The van der Waals surface area contributed by atoms with Crippen LogP contribution < -0.4 is 4.74 Å². The molecule has 3 aromatic rings. The fourth-order valence-corrected chi connectivity index (χ4v) is 2.87. The number of benzene rings is 2. The van der Waals surface area contributed by atoms with Gasteiger partial charge in [-0.3, -0.25) is 4.57 Å². The molecule has 0 aliphatic heterocycles. The van der Waals surface area contributed by atoms with Gasteiger partial charge in [0.25, 0.3) is 0 Å². The average Bonchev–Trinajstić information content (AvgIpc) is 2.84. The molecule has 2 aromatic carbocycles. The van der Waals surface area contributed by atoms with Crippen LogP contribution in [-0.2, 0) is 5.88 Å². The molecule has 1 aromatic heterocycles. The zero-order valence-electron chi connectivity index (χ0n) is 10.8. The second-order valence-electron chi connectivity index (χ2n) is 4.33. The third-order valence-corrected chi connectivity index (χ3v) is 4.05. The zero-order chi connectivity index (χ0) is 14.1. The van der Waals surface area contributed by atoms with E-state index in [1.807, 2.05) is 24.3 Å². The SMILES string of the molecule is COc1ccc(-n2c(CCl)nc3cc(I)ccc32)cc1. The Bertz CT molecular complexity index is 752. The third kappa shape index (κ3) is 2.38. The van der Waals surface area contributed by atoms with Crippen LogP contribution in [0.1, 0.15) is 5.82 Å². The summed E-state index contributed by atoms with van der Waals surface area (Å²) in [6, 6.07) is 14.1. The highest BCUT2D eigenvalue weighted by molar-refractivity contribution is 14.1. The van der Waals surface area contributed by atoms with Crippen molar-refractivity contribution in [1.29, 1.82) is 0 Å². The number of methoxy groups -OCH3 is 1. The number of hydrogen-bond donors (Lipinski definition) is 0. The minimum Gasteiger partial charge on any atom is -0.497 e. The lowest BCUT2D eigenvalue weighted by molar-refractivity contribution is 0.414. The van der Waals surface area contributed by atoms with Crippen LogP contribution in [0.3, 0.4) is 0 Å². The maximum absolute atomic E-state index is 6.04. The first-order valence-corrected chi connectivity index (χ1v) is 7.71. The first-order chi connectivity index (χ1) is 9.72. The lowest BCUT2D eigenvalue weighted by Crippen LogP contribution is -1.99. The van der Waals surface area contributed by atoms with Crippen LogP contribution in [0.25, 0.3) is 16.7 Å². The highest BCUT2D eigenvalue weighted by atomic mass is 127. The fraction of sp³-hybridized carbons (Fsp3) is 0.133. The topological polar surface area (TPSA) is 27.1 Å². The Morgan fingerprint density at radius 2 is 1.95 bits per heavy atom. The van der Waals surface area contributed by atoms with Crippen molar-refractivity contribution in [2.45, 2.75) is 5.88 Å². The van der Waals surface area contributed by atoms with Gasteiger partial charge in [0, 0.05) is 9.26 Å². The molecule has 3 nitrogen and oxygen atoms in total. The van der Waals surface area contributed by atoms with Gasteiger partial charge in [0.15, 0.2) is 0 Å². The Morgan fingerprint density at radius 1 is 1.20 bits per heavy atom. The molecule has 0 aliphatic carbocycles. The molecule has 0 bridgehead atoms. The molecule has 0 aliphatic rings. The summed E-state index contributed by atoms with van der Waals surface area (Å²) in [5, 5.41) is 0. The van der Waals surface area contributed by atoms with E-state index in [1.165, 1.54) is 0 Å². The summed E-state index contributed by atoms with van der Waals surface area (Å²) in [6.45, 7) is 0. The Hall–Kier alpha value is -1.27. The molecule has 3 rings (SSSR count). The van der Waals surface area contributed by atoms with E-state index in [-0.39, 0.29) is 0 Å². The second-order valence-corrected chi connectivity index (χ2v) is 5.84. The number of alkyl halides is 1. The van der Waals surface area contributed by atoms with Gasteiger partial charge in [0.1, 0.15) is 11.6 Å². The Balaban J connectivity index is 2.22. The number of aromatic nitrogens is 2. The van der Waals surface area contributed by atoms with Gasteiger partial charge in [0.05, 0.1) is 24.0 Å². The highest BCUT2D eigenvalue weighted by Gasteiger charge is 2.12. The number of hydrogen-bond acceptors (Lipinski definition) is 2. The molecule has 0 amide bonds. The van der Waals surface area contributed by atoms with Crippen molar-refractivity contribution in [2.24, 2.45) is 0 Å². The minimum atomic E-state index is 0.372. The van der Waals surface area contributed by atoms with Crippen molar-refractivity contribution >= 4 is 45.2 Å². The predicted octanol–water partition coefficient (Wildman–Crippen LogP) is 4.38. The molecule has 5 heteroatoms. The van der Waals surface area contributed by atoms with Crippen LogP contribution in [0.5, 0.6) is 5.75 Å².